The predicted molar refractivity (Wildman–Crippen MR) is 67.1 cm³/mol. The normalized spacial score (nSPS) is 8.86. The van der Waals surface area contributed by atoms with Gasteiger partial charge in [0.05, 0.1) is 0 Å². The second-order valence-electron chi connectivity index (χ2n) is 2.18. The van der Waals surface area contributed by atoms with Crippen LogP contribution < -0.4 is 0 Å². The molecule has 0 amide bonds. The molecular weight excluding hydrogens is 170 g/mol. The summed E-state index contributed by atoms with van der Waals surface area (Å²) in [6.07, 6.45) is 0. The van der Waals surface area contributed by atoms with Crippen molar-refractivity contribution >= 4 is 5.71 Å². The maximum atomic E-state index is 4.08. The van der Waals surface area contributed by atoms with Crippen LogP contribution in [0.15, 0.2) is 61.6 Å². The summed E-state index contributed by atoms with van der Waals surface area (Å²) in [5, 5.41) is 0. The van der Waals surface area contributed by atoms with Gasteiger partial charge in [-0.1, -0.05) is 30.3 Å². The third-order valence-electron chi connectivity index (χ3n) is 1.53. The lowest BCUT2D eigenvalue weighted by Gasteiger charge is -1.95. The molecule has 0 radical (unpaired) electrons. The van der Waals surface area contributed by atoms with Gasteiger partial charge >= 0.3 is 0 Å². The lowest BCUT2D eigenvalue weighted by Crippen LogP contribution is -1.91. The van der Waals surface area contributed by atoms with Gasteiger partial charge < -0.3 is 0 Å². The molecule has 0 bridgehead atoms. The van der Waals surface area contributed by atoms with Crippen LogP contribution >= 0.6 is 0 Å². The average Bonchev–Trinajstić information content (AvgIpc) is 2.34. The molecule has 0 spiro atoms. The van der Waals surface area contributed by atoms with Crippen LogP contribution in [-0.4, -0.2) is 12.8 Å². The Kier molecular flexibility index (Phi) is 12.1. The van der Waals surface area contributed by atoms with Crippen molar-refractivity contribution in [1.29, 1.82) is 0 Å². The highest BCUT2D eigenvalue weighted by Gasteiger charge is 1.90. The zero-order valence-electron chi connectivity index (χ0n) is 9.16. The van der Waals surface area contributed by atoms with Crippen LogP contribution in [0.3, 0.4) is 0 Å². The smallest absolute Gasteiger partial charge is 0.0386 e. The summed E-state index contributed by atoms with van der Waals surface area (Å²) < 4.78 is 0. The third-order valence-corrected chi connectivity index (χ3v) is 1.53. The standard InChI is InChI=1S/C9H11N.2C2H4/c1-8(10-2)9-6-4-3-5-7-9;2*1-2/h3-7H,1-2H3;2*1-2H2. The predicted octanol–water partition coefficient (Wildman–Crippen LogP) is 3.73. The van der Waals surface area contributed by atoms with Crippen molar-refractivity contribution in [3.63, 3.8) is 0 Å². The van der Waals surface area contributed by atoms with Crippen LogP contribution in [0, 0.1) is 0 Å². The summed E-state index contributed by atoms with van der Waals surface area (Å²) in [4.78, 5) is 4.08. The molecular formula is C13H19N. The van der Waals surface area contributed by atoms with Crippen molar-refractivity contribution in [2.24, 2.45) is 4.99 Å². The first-order valence-corrected chi connectivity index (χ1v) is 4.33. The number of nitrogens with zero attached hydrogens (tertiary/aromatic N) is 1. The van der Waals surface area contributed by atoms with Crippen molar-refractivity contribution in [2.75, 3.05) is 7.05 Å². The Morgan fingerprint density at radius 1 is 1.00 bits per heavy atom. The molecule has 1 aromatic carbocycles. The summed E-state index contributed by atoms with van der Waals surface area (Å²) >= 11 is 0. The minimum atomic E-state index is 1.08. The number of hydrogen-bond acceptors (Lipinski definition) is 1. The highest BCUT2D eigenvalue weighted by atomic mass is 14.7. The SMILES string of the molecule is C=C.C=C.CN=C(C)c1ccccc1. The van der Waals surface area contributed by atoms with E-state index in [1.165, 1.54) is 5.56 Å². The molecule has 0 aliphatic rings. The summed E-state index contributed by atoms with van der Waals surface area (Å²) in [5.41, 5.74) is 2.28. The summed E-state index contributed by atoms with van der Waals surface area (Å²) in [7, 11) is 1.81. The summed E-state index contributed by atoms with van der Waals surface area (Å²) in [6.45, 7) is 14.0. The van der Waals surface area contributed by atoms with E-state index in [-0.39, 0.29) is 0 Å². The van der Waals surface area contributed by atoms with Crippen LogP contribution in [0.2, 0.25) is 0 Å². The van der Waals surface area contributed by atoms with Crippen LogP contribution in [0.25, 0.3) is 0 Å². The molecule has 0 unspecified atom stereocenters. The molecule has 0 heterocycles. The second kappa shape index (κ2) is 11.4. The van der Waals surface area contributed by atoms with E-state index in [2.05, 4.69) is 43.4 Å². The Bertz CT molecular complexity index is 247. The first-order valence-electron chi connectivity index (χ1n) is 4.33. The van der Waals surface area contributed by atoms with E-state index in [4.69, 9.17) is 0 Å². The van der Waals surface area contributed by atoms with Gasteiger partial charge in [0.1, 0.15) is 0 Å². The van der Waals surface area contributed by atoms with E-state index in [0.29, 0.717) is 0 Å². The maximum Gasteiger partial charge on any atom is 0.0386 e. The Labute approximate surface area is 87.5 Å². The number of rotatable bonds is 1. The Hall–Kier alpha value is -1.63. The molecule has 14 heavy (non-hydrogen) atoms. The molecule has 0 fully saturated rings. The van der Waals surface area contributed by atoms with Gasteiger partial charge in [-0.15, -0.1) is 26.3 Å². The largest absolute Gasteiger partial charge is 0.293 e. The first kappa shape index (κ1) is 14.9. The lowest BCUT2D eigenvalue weighted by molar-refractivity contribution is 1.41. The molecule has 0 saturated heterocycles. The van der Waals surface area contributed by atoms with Crippen molar-refractivity contribution < 1.29 is 0 Å². The van der Waals surface area contributed by atoms with Crippen molar-refractivity contribution in [1.82, 2.24) is 0 Å². The van der Waals surface area contributed by atoms with Gasteiger partial charge in [0.2, 0.25) is 0 Å². The van der Waals surface area contributed by atoms with Crippen molar-refractivity contribution in [3.05, 3.63) is 62.2 Å². The van der Waals surface area contributed by atoms with Gasteiger partial charge in [0, 0.05) is 12.8 Å². The second-order valence-corrected chi connectivity index (χ2v) is 2.18. The van der Waals surface area contributed by atoms with E-state index in [9.17, 15) is 0 Å². The molecule has 76 valence electrons. The number of hydrogen-bond donors (Lipinski definition) is 0. The Morgan fingerprint density at radius 2 is 1.43 bits per heavy atom. The summed E-state index contributed by atoms with van der Waals surface area (Å²) in [5.74, 6) is 0. The fourth-order valence-electron chi connectivity index (χ4n) is 0.808. The lowest BCUT2D eigenvalue weighted by atomic mass is 10.1. The van der Waals surface area contributed by atoms with Crippen LogP contribution in [0.5, 0.6) is 0 Å². The molecule has 0 aliphatic carbocycles. The van der Waals surface area contributed by atoms with E-state index in [0.717, 1.165) is 5.71 Å². The van der Waals surface area contributed by atoms with E-state index in [1.54, 1.807) is 0 Å². The quantitative estimate of drug-likeness (QED) is 0.471. The molecule has 0 aromatic heterocycles. The molecule has 0 saturated carbocycles. The molecule has 0 atom stereocenters. The van der Waals surface area contributed by atoms with Crippen LogP contribution in [0.1, 0.15) is 12.5 Å². The highest BCUT2D eigenvalue weighted by Crippen LogP contribution is 1.99. The molecule has 0 N–H and O–H groups in total. The van der Waals surface area contributed by atoms with Crippen LogP contribution in [0.4, 0.5) is 0 Å². The molecule has 1 rings (SSSR count). The van der Waals surface area contributed by atoms with Crippen LogP contribution in [-0.2, 0) is 0 Å². The average molecular weight is 189 g/mol. The third kappa shape index (κ3) is 5.95. The molecule has 1 aromatic rings. The summed E-state index contributed by atoms with van der Waals surface area (Å²) in [6, 6.07) is 10.2. The fraction of sp³-hybridized carbons (Fsp3) is 0.154. The molecule has 0 aliphatic heterocycles. The zero-order chi connectivity index (χ0) is 11.4. The van der Waals surface area contributed by atoms with Gasteiger partial charge in [-0.3, -0.25) is 4.99 Å². The van der Waals surface area contributed by atoms with E-state index < -0.39 is 0 Å². The van der Waals surface area contributed by atoms with Gasteiger partial charge in [0.25, 0.3) is 0 Å². The Morgan fingerprint density at radius 3 is 1.79 bits per heavy atom. The molecule has 1 nitrogen and oxygen atoms in total. The van der Waals surface area contributed by atoms with Gasteiger partial charge in [-0.05, 0) is 12.5 Å². The minimum absolute atomic E-state index is 1.08. The molecule has 1 heteroatoms. The minimum Gasteiger partial charge on any atom is -0.293 e. The van der Waals surface area contributed by atoms with Crippen molar-refractivity contribution in [3.8, 4) is 0 Å². The van der Waals surface area contributed by atoms with E-state index >= 15 is 0 Å². The maximum absolute atomic E-state index is 4.08. The van der Waals surface area contributed by atoms with Gasteiger partial charge in [-0.2, -0.15) is 0 Å². The number of aliphatic imine (C=N–C) groups is 1. The van der Waals surface area contributed by atoms with Gasteiger partial charge in [-0.25, -0.2) is 0 Å². The van der Waals surface area contributed by atoms with Crippen molar-refractivity contribution in [2.45, 2.75) is 6.92 Å². The number of benzene rings is 1. The monoisotopic (exact) mass is 189 g/mol. The topological polar surface area (TPSA) is 12.4 Å². The highest BCUT2D eigenvalue weighted by molar-refractivity contribution is 5.98. The first-order chi connectivity index (χ1) is 6.84. The fourth-order valence-corrected chi connectivity index (χ4v) is 0.808. The van der Waals surface area contributed by atoms with Gasteiger partial charge in [0.15, 0.2) is 0 Å². The Balaban J connectivity index is 0. The van der Waals surface area contributed by atoms with E-state index in [1.807, 2.05) is 32.2 Å². The zero-order valence-corrected chi connectivity index (χ0v) is 9.16.